The molecule has 1 saturated heterocycles. The summed E-state index contributed by atoms with van der Waals surface area (Å²) in [6, 6.07) is 14.2. The van der Waals surface area contributed by atoms with Gasteiger partial charge in [-0.15, -0.1) is 0 Å². The molecule has 2 aliphatic rings. The summed E-state index contributed by atoms with van der Waals surface area (Å²) in [5.41, 5.74) is 1.19. The van der Waals surface area contributed by atoms with E-state index < -0.39 is 0 Å². The molecule has 1 N–H and O–H groups in total. The number of nitrogens with zero attached hydrogens (tertiary/aromatic N) is 1. The first kappa shape index (κ1) is 20.7. The van der Waals surface area contributed by atoms with E-state index in [0.717, 1.165) is 37.9 Å². The van der Waals surface area contributed by atoms with Crippen LogP contribution in [0, 0.1) is 11.8 Å². The first-order valence-corrected chi connectivity index (χ1v) is 11.4. The van der Waals surface area contributed by atoms with Gasteiger partial charge in [-0.3, -0.25) is 9.59 Å². The van der Waals surface area contributed by atoms with E-state index in [1.807, 2.05) is 35.2 Å². The molecule has 2 fully saturated rings. The van der Waals surface area contributed by atoms with Gasteiger partial charge < -0.3 is 14.6 Å². The summed E-state index contributed by atoms with van der Waals surface area (Å²) < 4.78 is 5.65. The fourth-order valence-corrected chi connectivity index (χ4v) is 4.93. The summed E-state index contributed by atoms with van der Waals surface area (Å²) in [4.78, 5) is 27.3. The molecule has 1 saturated carbocycles. The molecule has 1 aromatic carbocycles. The quantitative estimate of drug-likeness (QED) is 0.741. The molecule has 1 unspecified atom stereocenters. The lowest BCUT2D eigenvalue weighted by molar-refractivity contribution is -0.139. The number of rotatable bonds is 7. The minimum absolute atomic E-state index is 0.0106. The third-order valence-corrected chi connectivity index (χ3v) is 6.70. The summed E-state index contributed by atoms with van der Waals surface area (Å²) >= 11 is 0. The number of hydrogen-bond acceptors (Lipinski definition) is 3. The number of amides is 2. The molecule has 1 atom stereocenters. The van der Waals surface area contributed by atoms with Crippen LogP contribution in [0.15, 0.2) is 53.1 Å². The Hall–Kier alpha value is -2.56. The van der Waals surface area contributed by atoms with Crippen molar-refractivity contribution in [2.45, 2.75) is 50.9 Å². The van der Waals surface area contributed by atoms with Crippen molar-refractivity contribution >= 4 is 11.8 Å². The Morgan fingerprint density at radius 2 is 1.70 bits per heavy atom. The average Bonchev–Trinajstić information content (AvgIpc) is 3.51. The maximum atomic E-state index is 12.7. The SMILES string of the molecule is O=C(NCCC(c1ccccc1)c1ccco1)C1CCN(C(=O)C2CCCC2)CC1. The number of likely N-dealkylation sites (tertiary alicyclic amines) is 1. The smallest absolute Gasteiger partial charge is 0.225 e. The van der Waals surface area contributed by atoms with Crippen molar-refractivity contribution in [3.63, 3.8) is 0 Å². The minimum atomic E-state index is 0.0106. The van der Waals surface area contributed by atoms with Crippen molar-refractivity contribution in [3.8, 4) is 0 Å². The van der Waals surface area contributed by atoms with Gasteiger partial charge in [-0.05, 0) is 49.8 Å². The fraction of sp³-hybridized carbons (Fsp3) is 0.520. The van der Waals surface area contributed by atoms with Crippen molar-refractivity contribution in [3.05, 3.63) is 60.1 Å². The third kappa shape index (κ3) is 4.94. The van der Waals surface area contributed by atoms with Crippen molar-refractivity contribution in [1.29, 1.82) is 0 Å². The van der Waals surface area contributed by atoms with E-state index in [1.54, 1.807) is 6.26 Å². The summed E-state index contributed by atoms with van der Waals surface area (Å²) in [5.74, 6) is 1.73. The molecule has 4 rings (SSSR count). The molecule has 1 aromatic heterocycles. The normalized spacial score (nSPS) is 19.0. The van der Waals surface area contributed by atoms with Crippen molar-refractivity contribution in [2.75, 3.05) is 19.6 Å². The highest BCUT2D eigenvalue weighted by atomic mass is 16.3. The molecule has 2 aromatic rings. The monoisotopic (exact) mass is 408 g/mol. The lowest BCUT2D eigenvalue weighted by Crippen LogP contribution is -2.44. The van der Waals surface area contributed by atoms with Crippen LogP contribution in [0.4, 0.5) is 0 Å². The molecule has 5 nitrogen and oxygen atoms in total. The molecule has 2 amide bonds. The Kier molecular flexibility index (Phi) is 6.88. The van der Waals surface area contributed by atoms with Gasteiger partial charge in [0.15, 0.2) is 0 Å². The molecule has 1 aliphatic heterocycles. The zero-order chi connectivity index (χ0) is 20.8. The van der Waals surface area contributed by atoms with Crippen molar-refractivity contribution in [2.24, 2.45) is 11.8 Å². The second-order valence-electron chi connectivity index (χ2n) is 8.64. The van der Waals surface area contributed by atoms with Crippen LogP contribution in [0.5, 0.6) is 0 Å². The molecule has 0 radical (unpaired) electrons. The van der Waals surface area contributed by atoms with E-state index >= 15 is 0 Å². The Balaban J connectivity index is 1.25. The lowest BCUT2D eigenvalue weighted by Gasteiger charge is -2.33. The molecule has 0 bridgehead atoms. The minimum Gasteiger partial charge on any atom is -0.469 e. The topological polar surface area (TPSA) is 62.6 Å². The number of carbonyl (C=O) groups is 2. The van der Waals surface area contributed by atoms with Crippen LogP contribution in [0.1, 0.15) is 62.2 Å². The number of furan rings is 1. The van der Waals surface area contributed by atoms with E-state index in [0.29, 0.717) is 25.5 Å². The van der Waals surface area contributed by atoms with Crippen LogP contribution in [-0.4, -0.2) is 36.3 Å². The Bertz CT molecular complexity index is 804. The van der Waals surface area contributed by atoms with Gasteiger partial charge in [-0.2, -0.15) is 0 Å². The second kappa shape index (κ2) is 9.96. The maximum Gasteiger partial charge on any atom is 0.225 e. The van der Waals surface area contributed by atoms with E-state index in [-0.39, 0.29) is 23.7 Å². The van der Waals surface area contributed by atoms with Crippen LogP contribution >= 0.6 is 0 Å². The van der Waals surface area contributed by atoms with Gasteiger partial charge in [-0.25, -0.2) is 0 Å². The number of piperidine rings is 1. The molecule has 30 heavy (non-hydrogen) atoms. The predicted octanol–water partition coefficient (Wildman–Crippen LogP) is 4.35. The molecule has 5 heteroatoms. The van der Waals surface area contributed by atoms with Crippen LogP contribution < -0.4 is 5.32 Å². The molecule has 2 heterocycles. The lowest BCUT2D eigenvalue weighted by atomic mass is 9.92. The van der Waals surface area contributed by atoms with Crippen molar-refractivity contribution in [1.82, 2.24) is 10.2 Å². The molecular weight excluding hydrogens is 376 g/mol. The van der Waals surface area contributed by atoms with Gasteiger partial charge in [0.05, 0.1) is 6.26 Å². The largest absolute Gasteiger partial charge is 0.469 e. The highest BCUT2D eigenvalue weighted by molar-refractivity contribution is 5.81. The summed E-state index contributed by atoms with van der Waals surface area (Å²) in [7, 11) is 0. The second-order valence-corrected chi connectivity index (χ2v) is 8.64. The average molecular weight is 409 g/mol. The Morgan fingerprint density at radius 1 is 0.967 bits per heavy atom. The third-order valence-electron chi connectivity index (χ3n) is 6.70. The highest BCUT2D eigenvalue weighted by Crippen LogP contribution is 2.29. The molecule has 1 aliphatic carbocycles. The Labute approximate surface area is 178 Å². The van der Waals surface area contributed by atoms with Gasteiger partial charge in [0.2, 0.25) is 11.8 Å². The Morgan fingerprint density at radius 3 is 2.37 bits per heavy atom. The summed E-state index contributed by atoms with van der Waals surface area (Å²) in [5, 5.41) is 3.13. The van der Waals surface area contributed by atoms with E-state index in [9.17, 15) is 9.59 Å². The van der Waals surface area contributed by atoms with Gasteiger partial charge in [0, 0.05) is 37.4 Å². The number of carbonyl (C=O) groups excluding carboxylic acids is 2. The maximum absolute atomic E-state index is 12.7. The molecule has 160 valence electrons. The van der Waals surface area contributed by atoms with Gasteiger partial charge in [0.25, 0.3) is 0 Å². The molecular formula is C25H32N2O3. The van der Waals surface area contributed by atoms with Crippen LogP contribution in [0.3, 0.4) is 0 Å². The van der Waals surface area contributed by atoms with E-state index in [4.69, 9.17) is 4.42 Å². The van der Waals surface area contributed by atoms with E-state index in [1.165, 1.54) is 18.4 Å². The predicted molar refractivity (Wildman–Crippen MR) is 116 cm³/mol. The van der Waals surface area contributed by atoms with E-state index in [2.05, 4.69) is 17.4 Å². The molecule has 0 spiro atoms. The number of hydrogen-bond donors (Lipinski definition) is 1. The fourth-order valence-electron chi connectivity index (χ4n) is 4.93. The van der Waals surface area contributed by atoms with Gasteiger partial charge in [-0.1, -0.05) is 43.2 Å². The first-order valence-electron chi connectivity index (χ1n) is 11.4. The van der Waals surface area contributed by atoms with Crippen LogP contribution in [-0.2, 0) is 9.59 Å². The summed E-state index contributed by atoms with van der Waals surface area (Å²) in [6.45, 7) is 2.04. The van der Waals surface area contributed by atoms with Gasteiger partial charge >= 0.3 is 0 Å². The zero-order valence-corrected chi connectivity index (χ0v) is 17.6. The van der Waals surface area contributed by atoms with Crippen molar-refractivity contribution < 1.29 is 14.0 Å². The summed E-state index contributed by atoms with van der Waals surface area (Å²) in [6.07, 6.45) is 8.46. The first-order chi connectivity index (χ1) is 14.7. The zero-order valence-electron chi connectivity index (χ0n) is 17.6. The number of benzene rings is 1. The standard InChI is InChI=1S/C25H32N2O3/c28-24(20-13-16-27(17-14-20)25(29)21-9-4-5-10-21)26-15-12-22(23-11-6-18-30-23)19-7-2-1-3-8-19/h1-3,6-8,11,18,20-22H,4-5,9-10,12-17H2,(H,26,28). The van der Waals surface area contributed by atoms with Crippen LogP contribution in [0.25, 0.3) is 0 Å². The number of nitrogens with one attached hydrogen (secondary N) is 1. The van der Waals surface area contributed by atoms with Crippen LogP contribution in [0.2, 0.25) is 0 Å². The highest BCUT2D eigenvalue weighted by Gasteiger charge is 2.32. The van der Waals surface area contributed by atoms with Gasteiger partial charge in [0.1, 0.15) is 5.76 Å².